The Labute approximate surface area is 142 Å². The maximum atomic E-state index is 12.6. The van der Waals surface area contributed by atoms with Crippen molar-refractivity contribution in [2.75, 3.05) is 12.4 Å². The summed E-state index contributed by atoms with van der Waals surface area (Å²) >= 11 is 0. The van der Waals surface area contributed by atoms with Crippen LogP contribution in [0.5, 0.6) is 0 Å². The SMILES string of the molecule is COC(=O)C(C)(C)CCC(C)(C)C(=O)Nc1ccc2c(c1)C(=O)C2. The minimum absolute atomic E-state index is 0.111. The molecule has 0 atom stereocenters. The first-order valence-corrected chi connectivity index (χ1v) is 8.13. The largest absolute Gasteiger partial charge is 0.469 e. The van der Waals surface area contributed by atoms with Crippen LogP contribution in [0.2, 0.25) is 0 Å². The van der Waals surface area contributed by atoms with Crippen molar-refractivity contribution in [2.24, 2.45) is 10.8 Å². The van der Waals surface area contributed by atoms with Crippen LogP contribution < -0.4 is 5.32 Å². The van der Waals surface area contributed by atoms with E-state index >= 15 is 0 Å². The van der Waals surface area contributed by atoms with Crippen molar-refractivity contribution in [3.63, 3.8) is 0 Å². The third-order valence-electron chi connectivity index (χ3n) is 4.75. The second-order valence-corrected chi connectivity index (χ2v) is 7.69. The number of nitrogens with one attached hydrogen (secondary N) is 1. The summed E-state index contributed by atoms with van der Waals surface area (Å²) in [6.07, 6.45) is 1.57. The Balaban J connectivity index is 2.00. The predicted molar refractivity (Wildman–Crippen MR) is 91.9 cm³/mol. The minimum Gasteiger partial charge on any atom is -0.469 e. The lowest BCUT2D eigenvalue weighted by atomic mass is 9.78. The van der Waals surface area contributed by atoms with Crippen molar-refractivity contribution in [1.29, 1.82) is 0 Å². The Morgan fingerprint density at radius 1 is 1.12 bits per heavy atom. The highest BCUT2D eigenvalue weighted by Crippen LogP contribution is 2.33. The molecule has 5 heteroatoms. The zero-order valence-electron chi connectivity index (χ0n) is 15.0. The lowest BCUT2D eigenvalue weighted by Gasteiger charge is -2.29. The molecular formula is C19H25NO4. The molecule has 1 aliphatic rings. The van der Waals surface area contributed by atoms with E-state index in [-0.39, 0.29) is 17.7 Å². The van der Waals surface area contributed by atoms with Gasteiger partial charge in [-0.3, -0.25) is 14.4 Å². The zero-order valence-corrected chi connectivity index (χ0v) is 15.0. The van der Waals surface area contributed by atoms with Crippen LogP contribution in [0.15, 0.2) is 18.2 Å². The highest BCUT2D eigenvalue weighted by Gasteiger charge is 2.35. The summed E-state index contributed by atoms with van der Waals surface area (Å²) in [4.78, 5) is 35.8. The van der Waals surface area contributed by atoms with Crippen LogP contribution >= 0.6 is 0 Å². The van der Waals surface area contributed by atoms with Crippen molar-refractivity contribution < 1.29 is 19.1 Å². The van der Waals surface area contributed by atoms with E-state index in [1.165, 1.54) is 7.11 Å². The van der Waals surface area contributed by atoms with E-state index in [1.54, 1.807) is 6.07 Å². The number of carbonyl (C=O) groups excluding carboxylic acids is 3. The average molecular weight is 331 g/mol. The number of Topliss-reactive ketones (excluding diaryl/α,β-unsaturated/α-hetero) is 1. The standard InChI is InChI=1S/C19H25NO4/c1-18(2,8-9-19(3,4)17(23)24-5)16(22)20-13-7-6-12-10-15(21)14(12)11-13/h6-7,11H,8-10H2,1-5H3,(H,20,22). The first kappa shape index (κ1) is 18.2. The van der Waals surface area contributed by atoms with Gasteiger partial charge in [-0.2, -0.15) is 0 Å². The first-order valence-electron chi connectivity index (χ1n) is 8.13. The summed E-state index contributed by atoms with van der Waals surface area (Å²) in [6, 6.07) is 5.42. The van der Waals surface area contributed by atoms with Gasteiger partial charge in [-0.05, 0) is 44.4 Å². The molecule has 0 radical (unpaired) electrons. The summed E-state index contributed by atoms with van der Waals surface area (Å²) in [6.45, 7) is 7.33. The number of esters is 1. The van der Waals surface area contributed by atoms with E-state index in [4.69, 9.17) is 4.74 Å². The number of hydrogen-bond donors (Lipinski definition) is 1. The number of anilines is 1. The fraction of sp³-hybridized carbons (Fsp3) is 0.526. The number of carbonyl (C=O) groups is 3. The molecule has 0 saturated heterocycles. The Bertz CT molecular complexity index is 689. The predicted octanol–water partition coefficient (Wildman–Crippen LogP) is 3.37. The summed E-state index contributed by atoms with van der Waals surface area (Å²) in [5, 5.41) is 2.88. The maximum Gasteiger partial charge on any atom is 0.311 e. The molecule has 0 aromatic heterocycles. The van der Waals surface area contributed by atoms with Crippen molar-refractivity contribution in [3.05, 3.63) is 29.3 Å². The van der Waals surface area contributed by atoms with Crippen molar-refractivity contribution in [1.82, 2.24) is 0 Å². The van der Waals surface area contributed by atoms with Crippen molar-refractivity contribution >= 4 is 23.3 Å². The fourth-order valence-electron chi connectivity index (χ4n) is 2.65. The van der Waals surface area contributed by atoms with E-state index in [1.807, 2.05) is 39.8 Å². The molecule has 2 rings (SSSR count). The van der Waals surface area contributed by atoms with E-state index in [2.05, 4.69) is 5.32 Å². The number of benzene rings is 1. The topological polar surface area (TPSA) is 72.5 Å². The summed E-state index contributed by atoms with van der Waals surface area (Å²) in [7, 11) is 1.37. The summed E-state index contributed by atoms with van der Waals surface area (Å²) in [5.41, 5.74) is 1.08. The Hall–Kier alpha value is -2.17. The number of rotatable bonds is 6. The smallest absolute Gasteiger partial charge is 0.311 e. The number of amides is 1. The van der Waals surface area contributed by atoms with Crippen LogP contribution in [0.25, 0.3) is 0 Å². The lowest BCUT2D eigenvalue weighted by molar-refractivity contribution is -0.151. The minimum atomic E-state index is -0.641. The molecule has 0 fully saturated rings. The van der Waals surface area contributed by atoms with Gasteiger partial charge in [0.1, 0.15) is 0 Å². The second kappa shape index (κ2) is 6.38. The molecule has 1 aromatic carbocycles. The monoisotopic (exact) mass is 331 g/mol. The average Bonchev–Trinajstić information content (AvgIpc) is 2.52. The normalized spacial score (nSPS) is 13.8. The van der Waals surface area contributed by atoms with Gasteiger partial charge in [-0.1, -0.05) is 19.9 Å². The van der Waals surface area contributed by atoms with E-state index < -0.39 is 10.8 Å². The van der Waals surface area contributed by atoms with Crippen LogP contribution in [0.3, 0.4) is 0 Å². The van der Waals surface area contributed by atoms with Crippen LogP contribution in [0, 0.1) is 10.8 Å². The molecule has 0 saturated carbocycles. The van der Waals surface area contributed by atoms with Gasteiger partial charge in [-0.15, -0.1) is 0 Å². The van der Waals surface area contributed by atoms with Crippen LogP contribution in [-0.4, -0.2) is 24.8 Å². The van der Waals surface area contributed by atoms with E-state index in [0.717, 1.165) is 5.56 Å². The maximum absolute atomic E-state index is 12.6. The van der Waals surface area contributed by atoms with E-state index in [9.17, 15) is 14.4 Å². The number of methoxy groups -OCH3 is 1. The number of fused-ring (bicyclic) bond motifs is 1. The van der Waals surface area contributed by atoms with Gasteiger partial charge in [0.25, 0.3) is 0 Å². The second-order valence-electron chi connectivity index (χ2n) is 7.69. The molecule has 0 aliphatic heterocycles. The third kappa shape index (κ3) is 3.66. The molecule has 24 heavy (non-hydrogen) atoms. The Morgan fingerprint density at radius 2 is 1.75 bits per heavy atom. The van der Waals surface area contributed by atoms with Crippen LogP contribution in [0.1, 0.15) is 56.5 Å². The molecule has 0 unspecified atom stereocenters. The van der Waals surface area contributed by atoms with Crippen LogP contribution in [-0.2, 0) is 20.7 Å². The molecule has 130 valence electrons. The highest BCUT2D eigenvalue weighted by atomic mass is 16.5. The third-order valence-corrected chi connectivity index (χ3v) is 4.75. The fourth-order valence-corrected chi connectivity index (χ4v) is 2.65. The molecule has 1 aromatic rings. The Kier molecular flexibility index (Phi) is 4.83. The van der Waals surface area contributed by atoms with Gasteiger partial charge in [0.15, 0.2) is 5.78 Å². The van der Waals surface area contributed by atoms with Gasteiger partial charge in [0.2, 0.25) is 5.91 Å². The van der Waals surface area contributed by atoms with E-state index in [0.29, 0.717) is 30.5 Å². The number of ketones is 1. The zero-order chi connectivity index (χ0) is 18.1. The summed E-state index contributed by atoms with van der Waals surface area (Å²) < 4.78 is 4.81. The quantitative estimate of drug-likeness (QED) is 0.811. The van der Waals surface area contributed by atoms with Gasteiger partial charge in [-0.25, -0.2) is 0 Å². The lowest BCUT2D eigenvalue weighted by Crippen LogP contribution is -2.34. The molecule has 0 bridgehead atoms. The highest BCUT2D eigenvalue weighted by molar-refractivity contribution is 6.08. The number of ether oxygens (including phenoxy) is 1. The molecule has 1 N–H and O–H groups in total. The van der Waals surface area contributed by atoms with Gasteiger partial charge < -0.3 is 10.1 Å². The van der Waals surface area contributed by atoms with Gasteiger partial charge in [0.05, 0.1) is 12.5 Å². The first-order chi connectivity index (χ1) is 11.1. The molecule has 5 nitrogen and oxygen atoms in total. The van der Waals surface area contributed by atoms with Crippen molar-refractivity contribution in [3.8, 4) is 0 Å². The molecular weight excluding hydrogens is 306 g/mol. The Morgan fingerprint density at radius 3 is 2.33 bits per heavy atom. The van der Waals surface area contributed by atoms with Gasteiger partial charge in [0, 0.05) is 23.1 Å². The summed E-state index contributed by atoms with van der Waals surface area (Å²) in [5.74, 6) is -0.297. The van der Waals surface area contributed by atoms with Crippen molar-refractivity contribution in [2.45, 2.75) is 47.0 Å². The molecule has 0 heterocycles. The number of hydrogen-bond acceptors (Lipinski definition) is 4. The molecule has 1 aliphatic carbocycles. The van der Waals surface area contributed by atoms with Crippen LogP contribution in [0.4, 0.5) is 5.69 Å². The molecule has 1 amide bonds. The molecule has 0 spiro atoms. The van der Waals surface area contributed by atoms with Gasteiger partial charge >= 0.3 is 5.97 Å².